The van der Waals surface area contributed by atoms with Gasteiger partial charge in [0, 0.05) is 49.7 Å². The lowest BCUT2D eigenvalue weighted by atomic mass is 9.96. The first-order chi connectivity index (χ1) is 15.3. The average molecular weight is 456 g/mol. The van der Waals surface area contributed by atoms with Gasteiger partial charge in [-0.05, 0) is 43.5 Å². The topological polar surface area (TPSA) is 70.6 Å². The lowest BCUT2D eigenvalue weighted by Crippen LogP contribution is -2.43. The molecule has 0 N–H and O–H groups in total. The Morgan fingerprint density at radius 3 is 2.59 bits per heavy atom. The van der Waals surface area contributed by atoms with E-state index in [2.05, 4.69) is 4.98 Å². The highest BCUT2D eigenvalue weighted by Gasteiger charge is 2.34. The van der Waals surface area contributed by atoms with Crippen LogP contribution in [0.15, 0.2) is 59.6 Å². The quantitative estimate of drug-likeness (QED) is 0.588. The van der Waals surface area contributed by atoms with E-state index in [4.69, 9.17) is 0 Å². The van der Waals surface area contributed by atoms with Crippen molar-refractivity contribution in [2.75, 3.05) is 20.1 Å². The smallest absolute Gasteiger partial charge is 0.245 e. The van der Waals surface area contributed by atoms with Crippen LogP contribution in [0.25, 0.3) is 10.9 Å². The van der Waals surface area contributed by atoms with E-state index < -0.39 is 10.0 Å². The molecule has 1 aliphatic rings. The second-order valence-corrected chi connectivity index (χ2v) is 10.2. The average Bonchev–Trinajstić information content (AvgIpc) is 2.79. The van der Waals surface area contributed by atoms with Crippen LogP contribution in [0.3, 0.4) is 0 Å². The lowest BCUT2D eigenvalue weighted by molar-refractivity contribution is -0.136. The van der Waals surface area contributed by atoms with E-state index in [1.165, 1.54) is 15.3 Å². The number of amides is 1. The Labute approximate surface area is 187 Å². The molecular formula is C24H26FN3O3S. The largest absolute Gasteiger partial charge is 0.341 e. The number of halogens is 1. The maximum atomic E-state index is 13.9. The molecule has 0 radical (unpaired) electrons. The van der Waals surface area contributed by atoms with Crippen LogP contribution in [0.1, 0.15) is 24.0 Å². The SMILES string of the molecule is Cc1cnc2c(S(=O)(=O)N3CCC(C(=O)N(C)Cc4ccccc4F)CC3)cccc2c1. The van der Waals surface area contributed by atoms with Gasteiger partial charge in [-0.25, -0.2) is 12.8 Å². The Kier molecular flexibility index (Phi) is 6.26. The van der Waals surface area contributed by atoms with E-state index in [0.717, 1.165) is 10.9 Å². The number of carbonyl (C=O) groups is 1. The van der Waals surface area contributed by atoms with Crippen molar-refractivity contribution >= 4 is 26.8 Å². The van der Waals surface area contributed by atoms with Crippen molar-refractivity contribution in [2.24, 2.45) is 5.92 Å². The molecule has 1 saturated heterocycles. The molecule has 3 aromatic rings. The van der Waals surface area contributed by atoms with Gasteiger partial charge in [0.2, 0.25) is 15.9 Å². The fourth-order valence-electron chi connectivity index (χ4n) is 4.20. The molecule has 8 heteroatoms. The summed E-state index contributed by atoms with van der Waals surface area (Å²) in [5, 5.41) is 0.783. The van der Waals surface area contributed by atoms with Gasteiger partial charge in [-0.15, -0.1) is 0 Å². The lowest BCUT2D eigenvalue weighted by Gasteiger charge is -2.32. The zero-order valence-electron chi connectivity index (χ0n) is 18.2. The van der Waals surface area contributed by atoms with Gasteiger partial charge in [0.25, 0.3) is 0 Å². The Bertz CT molecular complexity index is 1250. The van der Waals surface area contributed by atoms with Gasteiger partial charge in [0.05, 0.1) is 5.52 Å². The van der Waals surface area contributed by atoms with Crippen molar-refractivity contribution in [1.29, 1.82) is 0 Å². The molecule has 1 amide bonds. The molecule has 1 aliphatic heterocycles. The van der Waals surface area contributed by atoms with Gasteiger partial charge in [-0.1, -0.05) is 30.3 Å². The molecule has 0 bridgehead atoms. The Hall–Kier alpha value is -2.84. The molecule has 2 heterocycles. The number of carbonyl (C=O) groups excluding carboxylic acids is 1. The number of aromatic nitrogens is 1. The van der Waals surface area contributed by atoms with Crippen LogP contribution in [-0.4, -0.2) is 48.7 Å². The predicted molar refractivity (Wildman–Crippen MR) is 121 cm³/mol. The third-order valence-corrected chi connectivity index (χ3v) is 7.90. The third-order valence-electron chi connectivity index (χ3n) is 5.97. The third kappa shape index (κ3) is 4.38. The van der Waals surface area contributed by atoms with E-state index in [1.54, 1.807) is 43.6 Å². The summed E-state index contributed by atoms with van der Waals surface area (Å²) < 4.78 is 42.0. The minimum Gasteiger partial charge on any atom is -0.341 e. The molecule has 0 atom stereocenters. The van der Waals surface area contributed by atoms with Crippen molar-refractivity contribution in [3.8, 4) is 0 Å². The first kappa shape index (κ1) is 22.4. The second kappa shape index (κ2) is 8.96. The summed E-state index contributed by atoms with van der Waals surface area (Å²) in [6, 6.07) is 13.5. The van der Waals surface area contributed by atoms with Crippen molar-refractivity contribution in [3.05, 3.63) is 71.7 Å². The van der Waals surface area contributed by atoms with Crippen LogP contribution in [0.4, 0.5) is 4.39 Å². The Morgan fingerprint density at radius 1 is 1.16 bits per heavy atom. The number of hydrogen-bond acceptors (Lipinski definition) is 4. The molecule has 0 unspecified atom stereocenters. The molecule has 1 fully saturated rings. The zero-order valence-corrected chi connectivity index (χ0v) is 19.0. The van der Waals surface area contributed by atoms with Crippen molar-refractivity contribution in [2.45, 2.75) is 31.2 Å². The van der Waals surface area contributed by atoms with Gasteiger partial charge in [-0.3, -0.25) is 9.78 Å². The summed E-state index contributed by atoms with van der Waals surface area (Å²) >= 11 is 0. The number of nitrogens with zero attached hydrogens (tertiary/aromatic N) is 3. The number of sulfonamides is 1. The number of fused-ring (bicyclic) bond motifs is 1. The molecular weight excluding hydrogens is 429 g/mol. The molecule has 0 saturated carbocycles. The van der Waals surface area contributed by atoms with Crippen molar-refractivity contribution < 1.29 is 17.6 Å². The highest BCUT2D eigenvalue weighted by Crippen LogP contribution is 2.29. The summed E-state index contributed by atoms with van der Waals surface area (Å²) in [6.07, 6.45) is 2.52. The van der Waals surface area contributed by atoms with Crippen molar-refractivity contribution in [3.63, 3.8) is 0 Å². The minimum absolute atomic E-state index is 0.0902. The van der Waals surface area contributed by atoms with E-state index >= 15 is 0 Å². The molecule has 6 nitrogen and oxygen atoms in total. The standard InChI is InChI=1S/C24H26FN3O3S/c1-17-14-19-7-5-9-22(23(19)26-15-17)32(30,31)28-12-10-18(11-13-28)24(29)27(2)16-20-6-3-4-8-21(20)25/h3-9,14-15,18H,10-13,16H2,1-2H3. The molecule has 1 aromatic heterocycles. The number of aryl methyl sites for hydroxylation is 1. The normalized spacial score (nSPS) is 15.7. The number of rotatable bonds is 5. The number of hydrogen-bond donors (Lipinski definition) is 0. The molecule has 0 spiro atoms. The maximum absolute atomic E-state index is 13.9. The van der Waals surface area contributed by atoms with Gasteiger partial charge < -0.3 is 4.90 Å². The molecule has 168 valence electrons. The van der Waals surface area contributed by atoms with E-state index in [1.807, 2.05) is 19.1 Å². The Morgan fingerprint density at radius 2 is 1.88 bits per heavy atom. The van der Waals surface area contributed by atoms with Crippen molar-refractivity contribution in [1.82, 2.24) is 14.2 Å². The maximum Gasteiger partial charge on any atom is 0.245 e. The number of pyridine rings is 1. The van der Waals surface area contributed by atoms with Crippen LogP contribution < -0.4 is 0 Å². The number of para-hydroxylation sites is 1. The molecule has 2 aromatic carbocycles. The fourth-order valence-corrected chi connectivity index (χ4v) is 5.84. The summed E-state index contributed by atoms with van der Waals surface area (Å²) in [4.78, 5) is 18.9. The summed E-state index contributed by atoms with van der Waals surface area (Å²) in [6.45, 7) is 2.62. The van der Waals surface area contributed by atoms with Crippen LogP contribution in [0, 0.1) is 18.7 Å². The van der Waals surface area contributed by atoms with Gasteiger partial charge in [-0.2, -0.15) is 4.31 Å². The predicted octanol–water partition coefficient (Wildman–Crippen LogP) is 3.74. The highest BCUT2D eigenvalue weighted by atomic mass is 32.2. The highest BCUT2D eigenvalue weighted by molar-refractivity contribution is 7.89. The summed E-state index contributed by atoms with van der Waals surface area (Å²) in [7, 11) is -2.07. The van der Waals surface area contributed by atoms with Crippen LogP contribution in [0.2, 0.25) is 0 Å². The van der Waals surface area contributed by atoms with Crippen LogP contribution >= 0.6 is 0 Å². The van der Waals surface area contributed by atoms with Gasteiger partial charge in [0.1, 0.15) is 10.7 Å². The molecule has 0 aliphatic carbocycles. The van der Waals surface area contributed by atoms with Gasteiger partial charge in [0.15, 0.2) is 0 Å². The van der Waals surface area contributed by atoms with E-state index in [0.29, 0.717) is 23.9 Å². The molecule has 32 heavy (non-hydrogen) atoms. The monoisotopic (exact) mass is 455 g/mol. The van der Waals surface area contributed by atoms with Crippen LogP contribution in [0.5, 0.6) is 0 Å². The minimum atomic E-state index is -3.73. The first-order valence-electron chi connectivity index (χ1n) is 10.6. The number of benzene rings is 2. The number of piperidine rings is 1. The first-order valence-corrected chi connectivity index (χ1v) is 12.1. The van der Waals surface area contributed by atoms with E-state index in [9.17, 15) is 17.6 Å². The van der Waals surface area contributed by atoms with Crippen LogP contribution in [-0.2, 0) is 21.4 Å². The Balaban J connectivity index is 1.45. The summed E-state index contributed by atoms with van der Waals surface area (Å²) in [5.74, 6) is -0.717. The second-order valence-electron chi connectivity index (χ2n) is 8.30. The zero-order chi connectivity index (χ0) is 22.9. The van der Waals surface area contributed by atoms with E-state index in [-0.39, 0.29) is 42.2 Å². The molecule has 4 rings (SSSR count). The van der Waals surface area contributed by atoms with Gasteiger partial charge >= 0.3 is 0 Å². The fraction of sp³-hybridized carbons (Fsp3) is 0.333. The summed E-state index contributed by atoms with van der Waals surface area (Å²) in [5.41, 5.74) is 1.88.